The minimum atomic E-state index is -4.75. The number of nitrogens with zero attached hydrogens (tertiary/aromatic N) is 3. The number of nitrogens with one attached hydrogen (secondary N) is 1. The lowest BCUT2D eigenvalue weighted by atomic mass is 9.92. The van der Waals surface area contributed by atoms with E-state index in [0.717, 1.165) is 50.5 Å². The Morgan fingerprint density at radius 3 is 2.35 bits per heavy atom. The number of fused-ring (bicyclic) bond motifs is 1. The van der Waals surface area contributed by atoms with Gasteiger partial charge in [0.15, 0.2) is 0 Å². The molecule has 1 aliphatic carbocycles. The summed E-state index contributed by atoms with van der Waals surface area (Å²) in [5, 5.41) is 10.8. The van der Waals surface area contributed by atoms with Gasteiger partial charge in [0.25, 0.3) is 0 Å². The molecule has 10 heteroatoms. The molecule has 2 heterocycles. The molecule has 1 aliphatic rings. The number of pyridine rings is 1. The highest BCUT2D eigenvalue weighted by atomic mass is 32.2. The fourth-order valence-corrected chi connectivity index (χ4v) is 5.47. The SMILES string of the molecule is CCc1cnc2c(c1)c(C#N)c(-c1ccc(S(=O)(=O)NC(C)(C)C(F)(F)F)cc1)n2C1CCC1. The molecule has 1 fully saturated rings. The van der Waals surface area contributed by atoms with Crippen LogP contribution in [0.1, 0.15) is 57.2 Å². The maximum atomic E-state index is 13.2. The van der Waals surface area contributed by atoms with Crippen molar-refractivity contribution in [3.63, 3.8) is 0 Å². The van der Waals surface area contributed by atoms with Gasteiger partial charge in [-0.25, -0.2) is 13.4 Å². The van der Waals surface area contributed by atoms with Crippen LogP contribution in [0.3, 0.4) is 0 Å². The Hall–Kier alpha value is -2.90. The quantitative estimate of drug-likeness (QED) is 0.496. The van der Waals surface area contributed by atoms with Crippen molar-refractivity contribution >= 4 is 21.1 Å². The van der Waals surface area contributed by atoms with Crippen molar-refractivity contribution in [2.75, 3.05) is 0 Å². The molecule has 0 atom stereocenters. The summed E-state index contributed by atoms with van der Waals surface area (Å²) in [6.07, 6.45) is 0.771. The minimum Gasteiger partial charge on any atom is -0.321 e. The molecule has 0 saturated heterocycles. The topological polar surface area (TPSA) is 87.8 Å². The molecule has 0 amide bonds. The molecule has 34 heavy (non-hydrogen) atoms. The van der Waals surface area contributed by atoms with E-state index in [1.807, 2.05) is 17.6 Å². The monoisotopic (exact) mass is 490 g/mol. The van der Waals surface area contributed by atoms with Crippen molar-refractivity contribution < 1.29 is 21.6 Å². The van der Waals surface area contributed by atoms with Crippen LogP contribution < -0.4 is 4.72 Å². The molecule has 0 radical (unpaired) electrons. The zero-order valence-electron chi connectivity index (χ0n) is 19.1. The summed E-state index contributed by atoms with van der Waals surface area (Å²) >= 11 is 0. The van der Waals surface area contributed by atoms with Crippen molar-refractivity contribution in [1.82, 2.24) is 14.3 Å². The Balaban J connectivity index is 1.81. The first-order chi connectivity index (χ1) is 15.9. The number of nitriles is 1. The summed E-state index contributed by atoms with van der Waals surface area (Å²) in [6.45, 7) is 3.55. The molecule has 6 nitrogen and oxygen atoms in total. The van der Waals surface area contributed by atoms with Crippen molar-refractivity contribution in [3.8, 4) is 17.3 Å². The van der Waals surface area contributed by atoms with Gasteiger partial charge in [-0.2, -0.15) is 23.2 Å². The Morgan fingerprint density at radius 1 is 1.21 bits per heavy atom. The molecule has 1 N–H and O–H groups in total. The van der Waals surface area contributed by atoms with Gasteiger partial charge in [-0.3, -0.25) is 0 Å². The molecule has 180 valence electrons. The molecule has 0 aliphatic heterocycles. The Morgan fingerprint density at radius 2 is 1.85 bits per heavy atom. The lowest BCUT2D eigenvalue weighted by molar-refractivity contribution is -0.180. The number of rotatable bonds is 6. The highest BCUT2D eigenvalue weighted by molar-refractivity contribution is 7.89. The fourth-order valence-electron chi connectivity index (χ4n) is 4.07. The third-order valence-corrected chi connectivity index (χ3v) is 8.07. The number of alkyl halides is 3. The second kappa shape index (κ2) is 8.40. The van der Waals surface area contributed by atoms with Gasteiger partial charge in [-0.05, 0) is 68.9 Å². The van der Waals surface area contributed by atoms with E-state index < -0.39 is 21.7 Å². The normalized spacial score (nSPS) is 15.3. The van der Waals surface area contributed by atoms with Crippen molar-refractivity contribution in [2.45, 2.75) is 69.1 Å². The van der Waals surface area contributed by atoms with Gasteiger partial charge in [0.2, 0.25) is 10.0 Å². The van der Waals surface area contributed by atoms with Gasteiger partial charge in [0.1, 0.15) is 17.3 Å². The molecule has 0 bridgehead atoms. The highest BCUT2D eigenvalue weighted by Crippen LogP contribution is 2.42. The van der Waals surface area contributed by atoms with Gasteiger partial charge in [-0.15, -0.1) is 0 Å². The van der Waals surface area contributed by atoms with Gasteiger partial charge in [-0.1, -0.05) is 19.1 Å². The second-order valence-corrected chi connectivity index (χ2v) is 10.8. The van der Waals surface area contributed by atoms with Gasteiger partial charge in [0.05, 0.1) is 16.2 Å². The van der Waals surface area contributed by atoms with Crippen LogP contribution in [0.15, 0.2) is 41.4 Å². The van der Waals surface area contributed by atoms with E-state index in [2.05, 4.69) is 11.1 Å². The third-order valence-electron chi connectivity index (χ3n) is 6.39. The first kappa shape index (κ1) is 24.2. The second-order valence-electron chi connectivity index (χ2n) is 9.11. The average molecular weight is 491 g/mol. The first-order valence-corrected chi connectivity index (χ1v) is 12.5. The summed E-state index contributed by atoms with van der Waals surface area (Å²) in [5.74, 6) is 0. The number of sulfonamides is 1. The van der Waals surface area contributed by atoms with E-state index in [0.29, 0.717) is 22.5 Å². The predicted molar refractivity (Wildman–Crippen MR) is 123 cm³/mol. The van der Waals surface area contributed by atoms with Crippen LogP contribution in [0.5, 0.6) is 0 Å². The zero-order valence-corrected chi connectivity index (χ0v) is 19.9. The van der Waals surface area contributed by atoms with Gasteiger partial charge in [0, 0.05) is 17.6 Å². The number of aryl methyl sites for hydroxylation is 1. The third kappa shape index (κ3) is 4.07. The van der Waals surface area contributed by atoms with E-state index in [-0.39, 0.29) is 10.9 Å². The Kier molecular flexibility index (Phi) is 5.98. The summed E-state index contributed by atoms with van der Waals surface area (Å²) < 4.78 is 68.6. The summed E-state index contributed by atoms with van der Waals surface area (Å²) in [5.41, 5.74) is 0.790. The Labute approximate surface area is 196 Å². The number of hydrogen-bond acceptors (Lipinski definition) is 4. The largest absolute Gasteiger partial charge is 0.407 e. The van der Waals surface area contributed by atoms with Crippen molar-refractivity contribution in [2.24, 2.45) is 0 Å². The number of aromatic nitrogens is 2. The van der Waals surface area contributed by atoms with Crippen LogP contribution in [0, 0.1) is 11.3 Å². The zero-order chi connectivity index (χ0) is 24.9. The lowest BCUT2D eigenvalue weighted by Crippen LogP contribution is -2.54. The maximum Gasteiger partial charge on any atom is 0.407 e. The molecular weight excluding hydrogens is 465 g/mol. The Bertz CT molecular complexity index is 1380. The van der Waals surface area contributed by atoms with Crippen LogP contribution in [0.2, 0.25) is 0 Å². The van der Waals surface area contributed by atoms with Gasteiger partial charge >= 0.3 is 6.18 Å². The molecule has 2 aromatic heterocycles. The summed E-state index contributed by atoms with van der Waals surface area (Å²) in [6, 6.07) is 10.0. The smallest absolute Gasteiger partial charge is 0.321 e. The molecule has 1 saturated carbocycles. The summed E-state index contributed by atoms with van der Waals surface area (Å²) in [4.78, 5) is 4.34. The number of halogens is 3. The van der Waals surface area contributed by atoms with Crippen LogP contribution in [-0.2, 0) is 16.4 Å². The van der Waals surface area contributed by atoms with E-state index in [1.165, 1.54) is 24.3 Å². The average Bonchev–Trinajstić information content (AvgIpc) is 3.04. The van der Waals surface area contributed by atoms with E-state index >= 15 is 0 Å². The molecule has 4 rings (SSSR count). The first-order valence-electron chi connectivity index (χ1n) is 11.0. The van der Waals surface area contributed by atoms with Crippen LogP contribution in [0.25, 0.3) is 22.3 Å². The van der Waals surface area contributed by atoms with E-state index in [1.54, 1.807) is 10.9 Å². The van der Waals surface area contributed by atoms with E-state index in [9.17, 15) is 26.9 Å². The molecular formula is C24H25F3N4O2S. The molecule has 0 unspecified atom stereocenters. The molecule has 3 aromatic rings. The van der Waals surface area contributed by atoms with E-state index in [4.69, 9.17) is 0 Å². The van der Waals surface area contributed by atoms with Gasteiger partial charge < -0.3 is 4.57 Å². The van der Waals surface area contributed by atoms with Crippen LogP contribution in [-0.4, -0.2) is 29.7 Å². The van der Waals surface area contributed by atoms with Crippen molar-refractivity contribution in [1.29, 1.82) is 5.26 Å². The summed E-state index contributed by atoms with van der Waals surface area (Å²) in [7, 11) is -4.42. The number of benzene rings is 1. The molecule has 1 aromatic carbocycles. The fraction of sp³-hybridized carbons (Fsp3) is 0.417. The standard InChI is InChI=1S/C24H25F3N4O2S/c1-4-15-12-19-20(13-28)21(31(17-6-5-7-17)22(19)29-14-15)16-8-10-18(11-9-16)34(32,33)30-23(2,3)24(25,26)27/h8-12,14,17,30H,4-7H2,1-3H3. The number of hydrogen-bond donors (Lipinski definition) is 1. The van der Waals surface area contributed by atoms with Crippen LogP contribution >= 0.6 is 0 Å². The predicted octanol–water partition coefficient (Wildman–Crippen LogP) is 5.48. The van der Waals surface area contributed by atoms with Crippen molar-refractivity contribution in [3.05, 3.63) is 47.7 Å². The maximum absolute atomic E-state index is 13.2. The highest BCUT2D eigenvalue weighted by Gasteiger charge is 2.49. The molecule has 0 spiro atoms. The van der Waals surface area contributed by atoms with Crippen LogP contribution in [0.4, 0.5) is 13.2 Å². The minimum absolute atomic E-state index is 0.178. The lowest BCUT2D eigenvalue weighted by Gasteiger charge is -2.30.